The van der Waals surface area contributed by atoms with Gasteiger partial charge in [-0.15, -0.1) is 0 Å². The summed E-state index contributed by atoms with van der Waals surface area (Å²) < 4.78 is 1.94. The molecule has 0 saturated carbocycles. The Morgan fingerprint density at radius 1 is 1.50 bits per heavy atom. The number of hydrogen-bond donors (Lipinski definition) is 1. The summed E-state index contributed by atoms with van der Waals surface area (Å²) >= 11 is 0. The van der Waals surface area contributed by atoms with Crippen molar-refractivity contribution in [3.8, 4) is 0 Å². The molecule has 1 aromatic rings. The number of rotatable bonds is 4. The van der Waals surface area contributed by atoms with Crippen molar-refractivity contribution in [1.82, 2.24) is 14.8 Å². The van der Waals surface area contributed by atoms with Crippen LogP contribution in [0.3, 0.4) is 0 Å². The summed E-state index contributed by atoms with van der Waals surface area (Å²) in [5, 5.41) is 4.19. The molecule has 0 saturated heterocycles. The highest BCUT2D eigenvalue weighted by Crippen LogP contribution is 2.08. The fraction of sp³-hybridized carbons (Fsp3) is 0.800. The molecule has 0 radical (unpaired) electrons. The monoisotopic (exact) mass is 196 g/mol. The second kappa shape index (κ2) is 4.09. The van der Waals surface area contributed by atoms with Gasteiger partial charge in [-0.1, -0.05) is 13.8 Å². The Hall–Kier alpha value is -0.900. The van der Waals surface area contributed by atoms with Crippen molar-refractivity contribution in [2.75, 3.05) is 0 Å². The predicted molar refractivity (Wildman–Crippen MR) is 56.8 cm³/mol. The summed E-state index contributed by atoms with van der Waals surface area (Å²) in [4.78, 5) is 4.23. The average Bonchev–Trinajstić information content (AvgIpc) is 2.32. The molecule has 0 spiro atoms. The third-order valence-electron chi connectivity index (χ3n) is 1.85. The highest BCUT2D eigenvalue weighted by atomic mass is 15.3. The van der Waals surface area contributed by atoms with Gasteiger partial charge >= 0.3 is 0 Å². The SMILES string of the molecule is CC(C)Cn1ncnc1CC(C)(C)N. The van der Waals surface area contributed by atoms with E-state index < -0.39 is 0 Å². The van der Waals surface area contributed by atoms with Crippen LogP contribution in [0.1, 0.15) is 33.5 Å². The van der Waals surface area contributed by atoms with Crippen LogP contribution in [0.4, 0.5) is 0 Å². The first-order valence-electron chi connectivity index (χ1n) is 5.04. The van der Waals surface area contributed by atoms with Crippen LogP contribution in [0.5, 0.6) is 0 Å². The van der Waals surface area contributed by atoms with E-state index in [0.29, 0.717) is 5.92 Å². The van der Waals surface area contributed by atoms with Crippen LogP contribution in [0, 0.1) is 5.92 Å². The normalized spacial score (nSPS) is 12.4. The molecule has 1 rings (SSSR count). The van der Waals surface area contributed by atoms with E-state index in [2.05, 4.69) is 23.9 Å². The Labute approximate surface area is 85.5 Å². The van der Waals surface area contributed by atoms with Gasteiger partial charge in [-0.2, -0.15) is 5.10 Å². The second-order valence-corrected chi connectivity index (χ2v) is 4.92. The van der Waals surface area contributed by atoms with Gasteiger partial charge < -0.3 is 5.73 Å². The van der Waals surface area contributed by atoms with Gasteiger partial charge in [-0.25, -0.2) is 9.67 Å². The van der Waals surface area contributed by atoms with E-state index in [0.717, 1.165) is 18.8 Å². The molecule has 1 heterocycles. The zero-order valence-corrected chi connectivity index (χ0v) is 9.49. The van der Waals surface area contributed by atoms with Gasteiger partial charge in [-0.05, 0) is 19.8 Å². The van der Waals surface area contributed by atoms with Crippen molar-refractivity contribution in [2.45, 2.75) is 46.2 Å². The van der Waals surface area contributed by atoms with E-state index in [-0.39, 0.29) is 5.54 Å². The van der Waals surface area contributed by atoms with Crippen molar-refractivity contribution in [3.05, 3.63) is 12.2 Å². The minimum atomic E-state index is -0.220. The summed E-state index contributed by atoms with van der Waals surface area (Å²) in [6.45, 7) is 9.24. The largest absolute Gasteiger partial charge is 0.325 e. The molecule has 0 bridgehead atoms. The topological polar surface area (TPSA) is 56.7 Å². The highest BCUT2D eigenvalue weighted by molar-refractivity contribution is 4.93. The van der Waals surface area contributed by atoms with Crippen LogP contribution >= 0.6 is 0 Å². The Balaban J connectivity index is 2.72. The van der Waals surface area contributed by atoms with E-state index in [1.54, 1.807) is 6.33 Å². The Kier molecular flexibility index (Phi) is 3.26. The maximum Gasteiger partial charge on any atom is 0.138 e. The summed E-state index contributed by atoms with van der Waals surface area (Å²) in [6.07, 6.45) is 2.36. The Morgan fingerprint density at radius 3 is 2.64 bits per heavy atom. The van der Waals surface area contributed by atoms with Crippen LogP contribution in [-0.4, -0.2) is 20.3 Å². The van der Waals surface area contributed by atoms with Crippen molar-refractivity contribution in [1.29, 1.82) is 0 Å². The molecule has 0 aliphatic heterocycles. The summed E-state index contributed by atoms with van der Waals surface area (Å²) in [6, 6.07) is 0. The van der Waals surface area contributed by atoms with Crippen molar-refractivity contribution < 1.29 is 0 Å². The lowest BCUT2D eigenvalue weighted by molar-refractivity contribution is 0.432. The molecule has 4 heteroatoms. The van der Waals surface area contributed by atoms with E-state index in [4.69, 9.17) is 5.73 Å². The lowest BCUT2D eigenvalue weighted by Crippen LogP contribution is -2.35. The lowest BCUT2D eigenvalue weighted by Gasteiger charge is -2.18. The maximum atomic E-state index is 5.95. The van der Waals surface area contributed by atoms with E-state index in [1.807, 2.05) is 18.5 Å². The molecule has 0 aliphatic rings. The maximum absolute atomic E-state index is 5.95. The third-order valence-corrected chi connectivity index (χ3v) is 1.85. The van der Waals surface area contributed by atoms with Crippen LogP contribution in [-0.2, 0) is 13.0 Å². The first-order chi connectivity index (χ1) is 6.38. The molecule has 4 nitrogen and oxygen atoms in total. The molecular formula is C10H20N4. The molecule has 1 aromatic heterocycles. The molecule has 0 fully saturated rings. The number of hydrogen-bond acceptors (Lipinski definition) is 3. The fourth-order valence-electron chi connectivity index (χ4n) is 1.33. The lowest BCUT2D eigenvalue weighted by atomic mass is 10.0. The quantitative estimate of drug-likeness (QED) is 0.787. The number of aromatic nitrogens is 3. The Morgan fingerprint density at radius 2 is 2.14 bits per heavy atom. The standard InChI is InChI=1S/C10H20N4/c1-8(2)6-14-9(12-7-13-14)5-10(3,4)11/h7-8H,5-6,11H2,1-4H3. The highest BCUT2D eigenvalue weighted by Gasteiger charge is 2.16. The van der Waals surface area contributed by atoms with Crippen LogP contribution in [0.2, 0.25) is 0 Å². The third kappa shape index (κ3) is 3.46. The van der Waals surface area contributed by atoms with Crippen LogP contribution in [0.25, 0.3) is 0 Å². The molecule has 14 heavy (non-hydrogen) atoms. The minimum Gasteiger partial charge on any atom is -0.325 e. The molecular weight excluding hydrogens is 176 g/mol. The first kappa shape index (κ1) is 11.2. The predicted octanol–water partition coefficient (Wildman–Crippen LogP) is 1.21. The van der Waals surface area contributed by atoms with Crippen molar-refractivity contribution >= 4 is 0 Å². The van der Waals surface area contributed by atoms with Crippen molar-refractivity contribution in [2.24, 2.45) is 11.7 Å². The molecule has 0 aliphatic carbocycles. The summed E-state index contributed by atoms with van der Waals surface area (Å²) in [7, 11) is 0. The van der Waals surface area contributed by atoms with Gasteiger partial charge in [0.05, 0.1) is 0 Å². The zero-order chi connectivity index (χ0) is 10.8. The summed E-state index contributed by atoms with van der Waals surface area (Å²) in [5.41, 5.74) is 5.72. The zero-order valence-electron chi connectivity index (χ0n) is 9.49. The average molecular weight is 196 g/mol. The summed E-state index contributed by atoms with van der Waals surface area (Å²) in [5.74, 6) is 1.56. The van der Waals surface area contributed by atoms with Gasteiger partial charge in [0.15, 0.2) is 0 Å². The molecule has 0 unspecified atom stereocenters. The first-order valence-corrected chi connectivity index (χ1v) is 5.04. The van der Waals surface area contributed by atoms with Crippen molar-refractivity contribution in [3.63, 3.8) is 0 Å². The van der Waals surface area contributed by atoms with E-state index >= 15 is 0 Å². The van der Waals surface area contributed by atoms with Gasteiger partial charge in [0, 0.05) is 18.5 Å². The number of nitrogens with zero attached hydrogens (tertiary/aromatic N) is 3. The van der Waals surface area contributed by atoms with Crippen LogP contribution in [0.15, 0.2) is 6.33 Å². The number of nitrogens with two attached hydrogens (primary N) is 1. The fourth-order valence-corrected chi connectivity index (χ4v) is 1.33. The van der Waals surface area contributed by atoms with Gasteiger partial charge in [0.25, 0.3) is 0 Å². The second-order valence-electron chi connectivity index (χ2n) is 4.92. The van der Waals surface area contributed by atoms with E-state index in [1.165, 1.54) is 0 Å². The van der Waals surface area contributed by atoms with Gasteiger partial charge in [0.1, 0.15) is 12.2 Å². The van der Waals surface area contributed by atoms with E-state index in [9.17, 15) is 0 Å². The van der Waals surface area contributed by atoms with Gasteiger partial charge in [-0.3, -0.25) is 0 Å². The molecule has 0 aromatic carbocycles. The Bertz CT molecular complexity index is 283. The molecule has 2 N–H and O–H groups in total. The molecule has 0 amide bonds. The van der Waals surface area contributed by atoms with Gasteiger partial charge in [0.2, 0.25) is 0 Å². The molecule has 80 valence electrons. The minimum absolute atomic E-state index is 0.220. The smallest absolute Gasteiger partial charge is 0.138 e. The van der Waals surface area contributed by atoms with Crippen LogP contribution < -0.4 is 5.73 Å². The molecule has 0 atom stereocenters.